The van der Waals surface area contributed by atoms with E-state index in [0.29, 0.717) is 9.82 Å². The van der Waals surface area contributed by atoms with Gasteiger partial charge in [0.15, 0.2) is 4.80 Å². The van der Waals surface area contributed by atoms with Crippen LogP contribution in [0.15, 0.2) is 46.3 Å². The van der Waals surface area contributed by atoms with Crippen molar-refractivity contribution < 1.29 is 17.9 Å². The van der Waals surface area contributed by atoms with E-state index in [1.165, 1.54) is 39.9 Å². The van der Waals surface area contributed by atoms with Gasteiger partial charge in [-0.05, 0) is 62.7 Å². The summed E-state index contributed by atoms with van der Waals surface area (Å²) in [5.41, 5.74) is 1.99. The van der Waals surface area contributed by atoms with Gasteiger partial charge in [0.1, 0.15) is 0 Å². The van der Waals surface area contributed by atoms with Crippen LogP contribution in [0.5, 0.6) is 0 Å². The predicted octanol–water partition coefficient (Wildman–Crippen LogP) is 3.84. The fraction of sp³-hybridized carbons (Fsp3) is 0.333. The number of nitrogens with zero attached hydrogens (tertiary/aromatic N) is 3. The summed E-state index contributed by atoms with van der Waals surface area (Å²) in [5.74, 6) is 2.11. The normalized spacial score (nSPS) is 19.9. The Labute approximate surface area is 207 Å². The van der Waals surface area contributed by atoms with Crippen molar-refractivity contribution in [3.63, 3.8) is 0 Å². The molecule has 1 aliphatic rings. The number of amides is 1. The molecule has 2 heterocycles. The molecule has 7 nitrogen and oxygen atoms in total. The molecule has 1 saturated heterocycles. The number of carbonyl (C=O) groups is 1. The molecule has 1 fully saturated rings. The Balaban J connectivity index is 1.66. The molecule has 1 aliphatic heterocycles. The number of rotatable bonds is 4. The van der Waals surface area contributed by atoms with Crippen molar-refractivity contribution in [2.45, 2.75) is 44.4 Å². The largest absolute Gasteiger partial charge is 0.373 e. The molecule has 0 radical (unpaired) electrons. The van der Waals surface area contributed by atoms with E-state index in [0.717, 1.165) is 15.8 Å². The second-order valence-corrected chi connectivity index (χ2v) is 11.6. The lowest BCUT2D eigenvalue weighted by molar-refractivity contribution is -0.0440. The molecule has 1 aromatic heterocycles. The maximum absolute atomic E-state index is 13.1. The van der Waals surface area contributed by atoms with Crippen molar-refractivity contribution in [2.75, 3.05) is 13.1 Å². The quantitative estimate of drug-likeness (QED) is 0.492. The number of terminal acetylenes is 1. The van der Waals surface area contributed by atoms with Crippen LogP contribution in [-0.2, 0) is 21.3 Å². The summed E-state index contributed by atoms with van der Waals surface area (Å²) in [4.78, 5) is 17.8. The van der Waals surface area contributed by atoms with Gasteiger partial charge in [0.05, 0.1) is 33.9 Å². The van der Waals surface area contributed by atoms with E-state index in [1.807, 2.05) is 26.8 Å². The highest BCUT2D eigenvalue weighted by Crippen LogP contribution is 2.27. The van der Waals surface area contributed by atoms with Crippen LogP contribution >= 0.6 is 22.9 Å². The number of benzene rings is 2. The predicted molar refractivity (Wildman–Crippen MR) is 133 cm³/mol. The minimum Gasteiger partial charge on any atom is -0.373 e. The smallest absolute Gasteiger partial charge is 0.279 e. The number of carbonyl (C=O) groups excluding carboxylic acids is 1. The van der Waals surface area contributed by atoms with E-state index in [1.54, 1.807) is 10.6 Å². The van der Waals surface area contributed by atoms with E-state index in [4.69, 9.17) is 22.8 Å². The SMILES string of the molecule is C#CCn1c(=NC(=O)c2ccc(S(=O)(=O)N3CC(C)OC(C)C3)cc2)sc2ccc(Cl)c(C)c21. The first-order valence-corrected chi connectivity index (χ1v) is 13.3. The Morgan fingerprint density at radius 3 is 2.47 bits per heavy atom. The molecular formula is C24H24ClN3O4S2. The molecule has 2 aromatic carbocycles. The van der Waals surface area contributed by atoms with Gasteiger partial charge in [-0.2, -0.15) is 9.30 Å². The Bertz CT molecular complexity index is 1460. The lowest BCUT2D eigenvalue weighted by Crippen LogP contribution is -2.48. The molecule has 0 aliphatic carbocycles. The first-order valence-electron chi connectivity index (χ1n) is 10.7. The van der Waals surface area contributed by atoms with Crippen molar-refractivity contribution in [3.05, 3.63) is 57.3 Å². The van der Waals surface area contributed by atoms with E-state index >= 15 is 0 Å². The fourth-order valence-corrected chi connectivity index (χ4v) is 6.87. The summed E-state index contributed by atoms with van der Waals surface area (Å²) in [7, 11) is -3.69. The van der Waals surface area contributed by atoms with Crippen molar-refractivity contribution in [1.82, 2.24) is 8.87 Å². The topological polar surface area (TPSA) is 81.0 Å². The molecular weight excluding hydrogens is 494 g/mol. The molecule has 2 unspecified atom stereocenters. The second kappa shape index (κ2) is 9.64. The van der Waals surface area contributed by atoms with Gasteiger partial charge in [-0.25, -0.2) is 8.42 Å². The van der Waals surface area contributed by atoms with Gasteiger partial charge in [-0.3, -0.25) is 4.79 Å². The number of aryl methyl sites for hydroxylation is 1. The van der Waals surface area contributed by atoms with E-state index in [9.17, 15) is 13.2 Å². The Morgan fingerprint density at radius 2 is 1.85 bits per heavy atom. The number of halogens is 1. The van der Waals surface area contributed by atoms with Crippen molar-refractivity contribution >= 4 is 49.1 Å². The molecule has 178 valence electrons. The van der Waals surface area contributed by atoms with Gasteiger partial charge in [0.2, 0.25) is 10.0 Å². The number of hydrogen-bond donors (Lipinski definition) is 0. The van der Waals surface area contributed by atoms with Gasteiger partial charge in [0.25, 0.3) is 5.91 Å². The molecule has 0 bridgehead atoms. The van der Waals surface area contributed by atoms with E-state index in [2.05, 4.69) is 10.9 Å². The third-order valence-corrected chi connectivity index (χ3v) is 8.90. The maximum atomic E-state index is 13.1. The van der Waals surface area contributed by atoms with Crippen LogP contribution in [0.2, 0.25) is 5.02 Å². The van der Waals surface area contributed by atoms with Crippen LogP contribution in [0.4, 0.5) is 0 Å². The van der Waals surface area contributed by atoms with Gasteiger partial charge in [-0.1, -0.05) is 28.9 Å². The summed E-state index contributed by atoms with van der Waals surface area (Å²) in [6.45, 7) is 6.39. The number of sulfonamides is 1. The second-order valence-electron chi connectivity index (χ2n) is 8.21. The zero-order chi connectivity index (χ0) is 24.6. The average molecular weight is 518 g/mol. The summed E-state index contributed by atoms with van der Waals surface area (Å²) in [5, 5.41) is 0.606. The lowest BCUT2D eigenvalue weighted by atomic mass is 10.2. The highest BCUT2D eigenvalue weighted by atomic mass is 35.5. The molecule has 4 rings (SSSR count). The average Bonchev–Trinajstić information content (AvgIpc) is 3.13. The van der Waals surface area contributed by atoms with E-state index < -0.39 is 15.9 Å². The zero-order valence-electron chi connectivity index (χ0n) is 19.0. The molecule has 34 heavy (non-hydrogen) atoms. The molecule has 1 amide bonds. The molecule has 0 saturated carbocycles. The zero-order valence-corrected chi connectivity index (χ0v) is 21.4. The summed E-state index contributed by atoms with van der Waals surface area (Å²) < 4.78 is 35.9. The number of hydrogen-bond acceptors (Lipinski definition) is 5. The number of aromatic nitrogens is 1. The minimum atomic E-state index is -3.69. The molecule has 10 heteroatoms. The van der Waals surface area contributed by atoms with Crippen LogP contribution < -0.4 is 4.80 Å². The molecule has 3 aromatic rings. The minimum absolute atomic E-state index is 0.125. The van der Waals surface area contributed by atoms with Crippen molar-refractivity contribution in [3.8, 4) is 12.3 Å². The number of morpholine rings is 1. The molecule has 0 N–H and O–H groups in total. The number of fused-ring (bicyclic) bond motifs is 1. The number of ether oxygens (including phenoxy) is 1. The van der Waals surface area contributed by atoms with Crippen LogP contribution in [0.25, 0.3) is 10.2 Å². The van der Waals surface area contributed by atoms with Gasteiger partial charge < -0.3 is 9.30 Å². The highest BCUT2D eigenvalue weighted by molar-refractivity contribution is 7.89. The molecule has 0 spiro atoms. The van der Waals surface area contributed by atoms with Crippen LogP contribution in [0.3, 0.4) is 0 Å². The summed E-state index contributed by atoms with van der Waals surface area (Å²) in [6.07, 6.45) is 5.18. The lowest BCUT2D eigenvalue weighted by Gasteiger charge is -2.34. The highest BCUT2D eigenvalue weighted by Gasteiger charge is 2.32. The fourth-order valence-electron chi connectivity index (χ4n) is 4.04. The van der Waals surface area contributed by atoms with Crippen molar-refractivity contribution in [2.24, 2.45) is 4.99 Å². The maximum Gasteiger partial charge on any atom is 0.279 e. The summed E-state index contributed by atoms with van der Waals surface area (Å²) in [6, 6.07) is 9.51. The van der Waals surface area contributed by atoms with Crippen LogP contribution in [-0.4, -0.2) is 48.5 Å². The standard InChI is InChI=1S/C24H24ClN3O4S2/c1-5-12-28-22-17(4)20(25)10-11-21(22)33-24(28)26-23(29)18-6-8-19(9-7-18)34(30,31)27-13-15(2)32-16(3)14-27/h1,6-11,15-16H,12-14H2,2-4H3. The Kier molecular flexibility index (Phi) is 6.99. The Hall–Kier alpha value is -2.48. The van der Waals surface area contributed by atoms with Crippen molar-refractivity contribution in [1.29, 1.82) is 0 Å². The third kappa shape index (κ3) is 4.69. The summed E-state index contributed by atoms with van der Waals surface area (Å²) >= 11 is 7.62. The first kappa shape index (κ1) is 24.6. The van der Waals surface area contributed by atoms with Gasteiger partial charge in [-0.15, -0.1) is 6.42 Å². The van der Waals surface area contributed by atoms with E-state index in [-0.39, 0.29) is 42.3 Å². The van der Waals surface area contributed by atoms with Crippen LogP contribution in [0.1, 0.15) is 29.8 Å². The molecule has 2 atom stereocenters. The first-order chi connectivity index (χ1) is 16.1. The monoisotopic (exact) mass is 517 g/mol. The van der Waals surface area contributed by atoms with Gasteiger partial charge in [0, 0.05) is 23.7 Å². The van der Waals surface area contributed by atoms with Gasteiger partial charge >= 0.3 is 0 Å². The van der Waals surface area contributed by atoms with Crippen LogP contribution in [0, 0.1) is 19.3 Å². The Morgan fingerprint density at radius 1 is 1.21 bits per heavy atom. The number of thiazole rings is 1. The third-order valence-electron chi connectivity index (χ3n) is 5.60.